The summed E-state index contributed by atoms with van der Waals surface area (Å²) in [6, 6.07) is 4.27. The molecule has 2 saturated heterocycles. The van der Waals surface area contributed by atoms with Gasteiger partial charge < -0.3 is 19.5 Å². The van der Waals surface area contributed by atoms with Crippen LogP contribution in [-0.2, 0) is 4.74 Å². The standard InChI is InChI=1S/C19H25N5O3/c1-26-10-2-7-21-19(25)24-15-3-4-16(24)12-14(11-15)18-22-17(23-27-18)13-5-8-20-9-6-13/h5-6,8-9,14-16H,2-4,7,10-12H2,1H3,(H,21,25)/t14?,15-,16+. The first-order valence-electron chi connectivity index (χ1n) is 9.55. The van der Waals surface area contributed by atoms with Crippen molar-refractivity contribution in [2.24, 2.45) is 0 Å². The SMILES string of the molecule is COCCCNC(=O)N1[C@@H]2CC[C@H]1CC(c1nc(-c3ccncc3)no1)C2. The lowest BCUT2D eigenvalue weighted by molar-refractivity contribution is 0.129. The summed E-state index contributed by atoms with van der Waals surface area (Å²) in [6.07, 6.45) is 8.09. The highest BCUT2D eigenvalue weighted by molar-refractivity contribution is 5.75. The first kappa shape index (κ1) is 17.9. The minimum Gasteiger partial charge on any atom is -0.385 e. The maximum atomic E-state index is 12.6. The van der Waals surface area contributed by atoms with Crippen LogP contribution in [0.15, 0.2) is 29.0 Å². The maximum absolute atomic E-state index is 12.6. The van der Waals surface area contributed by atoms with Crippen molar-refractivity contribution in [2.75, 3.05) is 20.3 Å². The number of amides is 2. The molecule has 4 heterocycles. The lowest BCUT2D eigenvalue weighted by Crippen LogP contribution is -2.50. The normalized spacial score (nSPS) is 24.2. The van der Waals surface area contributed by atoms with Gasteiger partial charge in [0.2, 0.25) is 11.7 Å². The number of hydrogen-bond donors (Lipinski definition) is 1. The van der Waals surface area contributed by atoms with Crippen molar-refractivity contribution in [3.05, 3.63) is 30.4 Å². The predicted octanol–water partition coefficient (Wildman–Crippen LogP) is 2.59. The summed E-state index contributed by atoms with van der Waals surface area (Å²) in [5, 5.41) is 7.14. The van der Waals surface area contributed by atoms with Gasteiger partial charge >= 0.3 is 6.03 Å². The van der Waals surface area contributed by atoms with Gasteiger partial charge in [0.25, 0.3) is 0 Å². The Morgan fingerprint density at radius 3 is 2.74 bits per heavy atom. The van der Waals surface area contributed by atoms with E-state index in [9.17, 15) is 4.79 Å². The lowest BCUT2D eigenvalue weighted by Gasteiger charge is -2.37. The third kappa shape index (κ3) is 3.80. The molecule has 27 heavy (non-hydrogen) atoms. The van der Waals surface area contributed by atoms with Gasteiger partial charge in [-0.2, -0.15) is 4.98 Å². The molecular formula is C19H25N5O3. The van der Waals surface area contributed by atoms with E-state index in [2.05, 4.69) is 20.4 Å². The first-order chi connectivity index (χ1) is 13.3. The molecule has 2 fully saturated rings. The number of pyridine rings is 1. The van der Waals surface area contributed by atoms with Gasteiger partial charge in [-0.1, -0.05) is 5.16 Å². The summed E-state index contributed by atoms with van der Waals surface area (Å²) in [5.74, 6) is 1.49. The molecule has 2 amide bonds. The van der Waals surface area contributed by atoms with Crippen molar-refractivity contribution >= 4 is 6.03 Å². The second-order valence-corrected chi connectivity index (χ2v) is 7.23. The zero-order valence-electron chi connectivity index (χ0n) is 15.5. The van der Waals surface area contributed by atoms with Crippen molar-refractivity contribution in [1.29, 1.82) is 0 Å². The number of hydrogen-bond acceptors (Lipinski definition) is 6. The zero-order valence-corrected chi connectivity index (χ0v) is 15.5. The molecule has 2 bridgehead atoms. The summed E-state index contributed by atoms with van der Waals surface area (Å²) in [6.45, 7) is 1.30. The summed E-state index contributed by atoms with van der Waals surface area (Å²) in [7, 11) is 1.67. The molecule has 2 aliphatic heterocycles. The van der Waals surface area contributed by atoms with Crippen molar-refractivity contribution < 1.29 is 14.1 Å². The third-order valence-corrected chi connectivity index (χ3v) is 5.50. The minimum absolute atomic E-state index is 0.0417. The average Bonchev–Trinajstić information content (AvgIpc) is 3.29. The minimum atomic E-state index is 0.0417. The van der Waals surface area contributed by atoms with E-state index in [0.717, 1.165) is 37.7 Å². The molecule has 2 aromatic heterocycles. The van der Waals surface area contributed by atoms with Crippen LogP contribution in [0.5, 0.6) is 0 Å². The lowest BCUT2D eigenvalue weighted by atomic mass is 9.91. The molecule has 1 unspecified atom stereocenters. The Kier molecular flexibility index (Phi) is 5.33. The van der Waals surface area contributed by atoms with Crippen LogP contribution in [-0.4, -0.2) is 58.4 Å². The maximum Gasteiger partial charge on any atom is 0.317 e. The van der Waals surface area contributed by atoms with E-state index in [1.165, 1.54) is 0 Å². The van der Waals surface area contributed by atoms with Gasteiger partial charge in [-0.3, -0.25) is 4.98 Å². The Morgan fingerprint density at radius 2 is 2.04 bits per heavy atom. The van der Waals surface area contributed by atoms with E-state index in [4.69, 9.17) is 9.26 Å². The molecule has 0 radical (unpaired) electrons. The highest BCUT2D eigenvalue weighted by atomic mass is 16.5. The smallest absolute Gasteiger partial charge is 0.317 e. The molecular weight excluding hydrogens is 346 g/mol. The first-order valence-corrected chi connectivity index (χ1v) is 9.55. The van der Waals surface area contributed by atoms with Crippen molar-refractivity contribution in [1.82, 2.24) is 25.3 Å². The number of carbonyl (C=O) groups excluding carboxylic acids is 1. The molecule has 0 aromatic carbocycles. The molecule has 4 rings (SSSR count). The fourth-order valence-corrected chi connectivity index (χ4v) is 4.23. The van der Waals surface area contributed by atoms with Gasteiger partial charge in [-0.05, 0) is 44.2 Å². The topological polar surface area (TPSA) is 93.4 Å². The molecule has 8 nitrogen and oxygen atoms in total. The molecule has 8 heteroatoms. The second-order valence-electron chi connectivity index (χ2n) is 7.23. The number of aromatic nitrogens is 3. The van der Waals surface area contributed by atoms with E-state index in [0.29, 0.717) is 24.9 Å². The predicted molar refractivity (Wildman–Crippen MR) is 98.0 cm³/mol. The summed E-state index contributed by atoms with van der Waals surface area (Å²) >= 11 is 0. The zero-order chi connectivity index (χ0) is 18.6. The van der Waals surface area contributed by atoms with Crippen LogP contribution < -0.4 is 5.32 Å². The van der Waals surface area contributed by atoms with Crippen LogP contribution >= 0.6 is 0 Å². The highest BCUT2D eigenvalue weighted by Gasteiger charge is 2.45. The van der Waals surface area contributed by atoms with Crippen LogP contribution in [0.2, 0.25) is 0 Å². The number of piperidine rings is 1. The Balaban J connectivity index is 1.39. The van der Waals surface area contributed by atoms with Gasteiger partial charge in [0.05, 0.1) is 0 Å². The molecule has 0 aliphatic carbocycles. The van der Waals surface area contributed by atoms with Crippen LogP contribution in [0.3, 0.4) is 0 Å². The van der Waals surface area contributed by atoms with Crippen LogP contribution in [0.25, 0.3) is 11.4 Å². The van der Waals surface area contributed by atoms with Gasteiger partial charge in [-0.25, -0.2) is 4.79 Å². The van der Waals surface area contributed by atoms with Crippen molar-refractivity contribution in [2.45, 2.75) is 50.1 Å². The number of nitrogens with zero attached hydrogens (tertiary/aromatic N) is 4. The highest BCUT2D eigenvalue weighted by Crippen LogP contribution is 2.42. The van der Waals surface area contributed by atoms with Gasteiger partial charge in [0, 0.05) is 56.2 Å². The fourth-order valence-electron chi connectivity index (χ4n) is 4.23. The molecule has 0 spiro atoms. The van der Waals surface area contributed by atoms with E-state index in [1.807, 2.05) is 17.0 Å². The van der Waals surface area contributed by atoms with Crippen LogP contribution in [0, 0.1) is 0 Å². The number of fused-ring (bicyclic) bond motifs is 2. The van der Waals surface area contributed by atoms with Gasteiger partial charge in [0.1, 0.15) is 0 Å². The van der Waals surface area contributed by atoms with E-state index in [-0.39, 0.29) is 24.0 Å². The van der Waals surface area contributed by atoms with Crippen LogP contribution in [0.4, 0.5) is 4.79 Å². The van der Waals surface area contributed by atoms with Crippen molar-refractivity contribution in [3.8, 4) is 11.4 Å². The summed E-state index contributed by atoms with van der Waals surface area (Å²) in [4.78, 5) is 23.2. The van der Waals surface area contributed by atoms with E-state index in [1.54, 1.807) is 19.5 Å². The Bertz CT molecular complexity index is 752. The molecule has 2 aliphatic rings. The Hall–Kier alpha value is -2.48. The quantitative estimate of drug-likeness (QED) is 0.785. The number of rotatable bonds is 6. The molecule has 3 atom stereocenters. The number of nitrogens with one attached hydrogen (secondary N) is 1. The van der Waals surface area contributed by atoms with Gasteiger partial charge in [0.15, 0.2) is 0 Å². The number of carbonyl (C=O) groups is 1. The molecule has 0 saturated carbocycles. The third-order valence-electron chi connectivity index (χ3n) is 5.50. The average molecular weight is 371 g/mol. The monoisotopic (exact) mass is 371 g/mol. The number of urea groups is 1. The molecule has 2 aromatic rings. The Labute approximate surface area is 158 Å². The van der Waals surface area contributed by atoms with Gasteiger partial charge in [-0.15, -0.1) is 0 Å². The largest absolute Gasteiger partial charge is 0.385 e. The van der Waals surface area contributed by atoms with E-state index >= 15 is 0 Å². The number of methoxy groups -OCH3 is 1. The second kappa shape index (κ2) is 8.04. The van der Waals surface area contributed by atoms with E-state index < -0.39 is 0 Å². The number of ether oxygens (including phenoxy) is 1. The van der Waals surface area contributed by atoms with Crippen molar-refractivity contribution in [3.63, 3.8) is 0 Å². The molecule has 1 N–H and O–H groups in total. The summed E-state index contributed by atoms with van der Waals surface area (Å²) in [5.41, 5.74) is 0.899. The fraction of sp³-hybridized carbons (Fsp3) is 0.579. The molecule has 144 valence electrons. The van der Waals surface area contributed by atoms with Crippen LogP contribution in [0.1, 0.15) is 43.9 Å². The Morgan fingerprint density at radius 1 is 1.30 bits per heavy atom. The summed E-state index contributed by atoms with van der Waals surface area (Å²) < 4.78 is 10.6.